The van der Waals surface area contributed by atoms with Gasteiger partial charge < -0.3 is 0 Å². The van der Waals surface area contributed by atoms with E-state index in [0.717, 1.165) is 0 Å². The molecule has 0 N–H and O–H groups in total. The molecule has 0 amide bonds. The SMILES string of the molecule is [CH2][SH](CCCC)Cc1ccccc1. The van der Waals surface area contributed by atoms with Crippen LogP contribution in [-0.2, 0) is 5.75 Å². The minimum atomic E-state index is -0.0127. The maximum atomic E-state index is 4.24. The molecule has 13 heavy (non-hydrogen) atoms. The molecule has 1 aromatic rings. The Morgan fingerprint density at radius 2 is 1.92 bits per heavy atom. The highest BCUT2D eigenvalue weighted by Gasteiger charge is 1.97. The quantitative estimate of drug-likeness (QED) is 0.679. The van der Waals surface area contributed by atoms with E-state index in [1.165, 1.54) is 29.9 Å². The van der Waals surface area contributed by atoms with Crippen molar-refractivity contribution >= 4 is 10.9 Å². The van der Waals surface area contributed by atoms with Crippen LogP contribution in [0, 0.1) is 6.26 Å². The third-order valence-electron chi connectivity index (χ3n) is 2.08. The fraction of sp³-hybridized carbons (Fsp3) is 0.417. The van der Waals surface area contributed by atoms with Crippen molar-refractivity contribution in [3.05, 3.63) is 42.2 Å². The summed E-state index contributed by atoms with van der Waals surface area (Å²) in [5.74, 6) is 2.51. The molecule has 1 unspecified atom stereocenters. The highest BCUT2D eigenvalue weighted by atomic mass is 32.2. The van der Waals surface area contributed by atoms with Crippen molar-refractivity contribution in [2.75, 3.05) is 5.75 Å². The molecule has 1 aromatic carbocycles. The van der Waals surface area contributed by atoms with Gasteiger partial charge in [-0.15, -0.1) is 0 Å². The molecular weight excluding hydrogens is 176 g/mol. The molecule has 0 heterocycles. The van der Waals surface area contributed by atoms with Crippen LogP contribution in [0.4, 0.5) is 0 Å². The van der Waals surface area contributed by atoms with Gasteiger partial charge in [0.1, 0.15) is 0 Å². The first-order valence-corrected chi connectivity index (χ1v) is 6.82. The summed E-state index contributed by atoms with van der Waals surface area (Å²) in [6.45, 7) is 2.24. The van der Waals surface area contributed by atoms with Crippen LogP contribution in [0.5, 0.6) is 0 Å². The lowest BCUT2D eigenvalue weighted by molar-refractivity contribution is 0.894. The molecule has 1 radical (unpaired) electrons. The zero-order chi connectivity index (χ0) is 9.52. The first-order valence-electron chi connectivity index (χ1n) is 4.92. The van der Waals surface area contributed by atoms with Gasteiger partial charge in [-0.3, -0.25) is 0 Å². The van der Waals surface area contributed by atoms with Crippen molar-refractivity contribution in [1.29, 1.82) is 0 Å². The van der Waals surface area contributed by atoms with E-state index in [9.17, 15) is 0 Å². The monoisotopic (exact) mass is 195 g/mol. The fourth-order valence-electron chi connectivity index (χ4n) is 1.30. The standard InChI is InChI=1S/C12H19S/c1-3-4-10-13(2)11-12-8-6-5-7-9-12/h5-9,13H,2-4,10-11H2,1H3. The topological polar surface area (TPSA) is 0 Å². The van der Waals surface area contributed by atoms with Crippen molar-refractivity contribution in [2.45, 2.75) is 25.5 Å². The summed E-state index contributed by atoms with van der Waals surface area (Å²) in [6, 6.07) is 10.7. The first kappa shape index (κ1) is 10.6. The highest BCUT2D eigenvalue weighted by molar-refractivity contribution is 8.17. The van der Waals surface area contributed by atoms with Crippen LogP contribution >= 0.6 is 10.9 Å². The Morgan fingerprint density at radius 3 is 2.54 bits per heavy atom. The van der Waals surface area contributed by atoms with Crippen LogP contribution < -0.4 is 0 Å². The Kier molecular flexibility index (Phi) is 4.99. The van der Waals surface area contributed by atoms with Crippen molar-refractivity contribution in [1.82, 2.24) is 0 Å². The predicted octanol–water partition coefficient (Wildman–Crippen LogP) is 3.78. The molecule has 1 rings (SSSR count). The van der Waals surface area contributed by atoms with Crippen LogP contribution in [0.2, 0.25) is 0 Å². The highest BCUT2D eigenvalue weighted by Crippen LogP contribution is 2.28. The van der Waals surface area contributed by atoms with Crippen molar-refractivity contribution in [3.63, 3.8) is 0 Å². The molecule has 1 atom stereocenters. The summed E-state index contributed by atoms with van der Waals surface area (Å²) in [4.78, 5) is 0. The Labute approximate surface area is 84.7 Å². The molecular formula is C12H19S. The van der Waals surface area contributed by atoms with Crippen LogP contribution in [0.15, 0.2) is 30.3 Å². The van der Waals surface area contributed by atoms with Crippen LogP contribution in [-0.4, -0.2) is 5.75 Å². The van der Waals surface area contributed by atoms with Gasteiger partial charge in [-0.25, -0.2) is 10.9 Å². The maximum Gasteiger partial charge on any atom is 0.0000759 e. The predicted molar refractivity (Wildman–Crippen MR) is 64.3 cm³/mol. The first-order chi connectivity index (χ1) is 6.33. The molecule has 0 fully saturated rings. The summed E-state index contributed by atoms with van der Waals surface area (Å²) in [6.07, 6.45) is 6.87. The van der Waals surface area contributed by atoms with Crippen molar-refractivity contribution in [2.24, 2.45) is 0 Å². The van der Waals surface area contributed by atoms with E-state index in [1.54, 1.807) is 0 Å². The maximum absolute atomic E-state index is 4.24. The summed E-state index contributed by atoms with van der Waals surface area (Å²) in [5, 5.41) is 0. The largest absolute Gasteiger partial charge is 0.249 e. The third-order valence-corrected chi connectivity index (χ3v) is 3.84. The van der Waals surface area contributed by atoms with Crippen LogP contribution in [0.25, 0.3) is 0 Å². The van der Waals surface area contributed by atoms with E-state index in [0.29, 0.717) is 0 Å². The van der Waals surface area contributed by atoms with E-state index in [4.69, 9.17) is 0 Å². The molecule has 0 nitrogen and oxygen atoms in total. The smallest absolute Gasteiger partial charge is 0.0000759 e. The fourth-order valence-corrected chi connectivity index (χ4v) is 2.95. The Balaban J connectivity index is 2.32. The van der Waals surface area contributed by atoms with Crippen LogP contribution in [0.3, 0.4) is 0 Å². The molecule has 0 saturated heterocycles. The molecule has 0 bridgehead atoms. The lowest BCUT2D eigenvalue weighted by atomic mass is 10.2. The molecule has 0 aromatic heterocycles. The Morgan fingerprint density at radius 1 is 1.23 bits per heavy atom. The van der Waals surface area contributed by atoms with Gasteiger partial charge in [-0.2, -0.15) is 0 Å². The molecule has 73 valence electrons. The number of hydrogen-bond donors (Lipinski definition) is 1. The summed E-state index contributed by atoms with van der Waals surface area (Å²) < 4.78 is 0. The van der Waals surface area contributed by atoms with Gasteiger partial charge in [0.2, 0.25) is 0 Å². The number of hydrogen-bond acceptors (Lipinski definition) is 0. The number of thiol groups is 1. The second kappa shape index (κ2) is 6.09. The average molecular weight is 195 g/mol. The number of benzene rings is 1. The molecule has 0 saturated carbocycles. The summed E-state index contributed by atoms with van der Waals surface area (Å²) in [5.41, 5.74) is 1.44. The molecule has 1 heteroatoms. The van der Waals surface area contributed by atoms with Gasteiger partial charge in [0.05, 0.1) is 0 Å². The van der Waals surface area contributed by atoms with Gasteiger partial charge in [0.15, 0.2) is 0 Å². The molecule has 0 spiro atoms. The third kappa shape index (κ3) is 4.37. The van der Waals surface area contributed by atoms with Gasteiger partial charge in [0, 0.05) is 5.75 Å². The minimum Gasteiger partial charge on any atom is -0.249 e. The minimum absolute atomic E-state index is 0.0127. The Hall–Kier alpha value is -0.430. The lowest BCUT2D eigenvalue weighted by Crippen LogP contribution is -1.89. The second-order valence-electron chi connectivity index (χ2n) is 3.39. The van der Waals surface area contributed by atoms with Gasteiger partial charge in [-0.05, 0) is 24.0 Å². The van der Waals surface area contributed by atoms with E-state index in [2.05, 4.69) is 43.5 Å². The Bertz CT molecular complexity index is 218. The second-order valence-corrected chi connectivity index (χ2v) is 5.50. The van der Waals surface area contributed by atoms with Gasteiger partial charge in [-0.1, -0.05) is 43.7 Å². The molecule has 0 aliphatic heterocycles. The molecule has 0 aliphatic carbocycles. The van der Waals surface area contributed by atoms with E-state index in [-0.39, 0.29) is 10.9 Å². The van der Waals surface area contributed by atoms with E-state index < -0.39 is 0 Å². The van der Waals surface area contributed by atoms with Crippen LogP contribution in [0.1, 0.15) is 25.3 Å². The average Bonchev–Trinajstić information content (AvgIpc) is 2.16. The van der Waals surface area contributed by atoms with Gasteiger partial charge >= 0.3 is 0 Å². The lowest BCUT2D eigenvalue weighted by Gasteiger charge is -2.14. The van der Waals surface area contributed by atoms with Gasteiger partial charge in [0.25, 0.3) is 0 Å². The molecule has 0 aliphatic rings. The summed E-state index contributed by atoms with van der Waals surface area (Å²) in [7, 11) is -0.0127. The van der Waals surface area contributed by atoms with Crippen molar-refractivity contribution in [3.8, 4) is 0 Å². The van der Waals surface area contributed by atoms with Crippen molar-refractivity contribution < 1.29 is 0 Å². The number of unbranched alkanes of at least 4 members (excludes halogenated alkanes) is 1. The zero-order valence-electron chi connectivity index (χ0n) is 8.37. The van der Waals surface area contributed by atoms with E-state index in [1.807, 2.05) is 0 Å². The number of rotatable bonds is 5. The van der Waals surface area contributed by atoms with E-state index >= 15 is 0 Å². The normalized spacial score (nSPS) is 14.2. The summed E-state index contributed by atoms with van der Waals surface area (Å²) >= 11 is 0. The zero-order valence-corrected chi connectivity index (χ0v) is 9.26.